The van der Waals surface area contributed by atoms with Crippen LogP contribution in [0.1, 0.15) is 58.9 Å². The summed E-state index contributed by atoms with van der Waals surface area (Å²) >= 11 is 0. The third-order valence-corrected chi connectivity index (χ3v) is 6.01. The molecule has 1 saturated carbocycles. The van der Waals surface area contributed by atoms with Crippen LogP contribution in [0, 0.1) is 0 Å². The fourth-order valence-electron chi connectivity index (χ4n) is 4.20. The second-order valence-electron chi connectivity index (χ2n) is 8.40. The molecule has 6 heteroatoms. The highest BCUT2D eigenvalue weighted by Crippen LogP contribution is 2.23. The number of carboxylic acids is 1. The van der Waals surface area contributed by atoms with E-state index in [1.807, 2.05) is 49.4 Å². The first-order valence-corrected chi connectivity index (χ1v) is 11.1. The number of rotatable bonds is 6. The van der Waals surface area contributed by atoms with Gasteiger partial charge in [0.2, 0.25) is 5.91 Å². The van der Waals surface area contributed by atoms with Crippen molar-refractivity contribution in [3.63, 3.8) is 0 Å². The predicted octanol–water partition coefficient (Wildman–Crippen LogP) is 5.25. The van der Waals surface area contributed by atoms with Crippen LogP contribution >= 0.6 is 0 Å². The van der Waals surface area contributed by atoms with Crippen molar-refractivity contribution in [3.8, 4) is 0 Å². The summed E-state index contributed by atoms with van der Waals surface area (Å²) in [4.78, 5) is 37.0. The number of carbonyl (C=O) groups excluding carboxylic acids is 2. The Hall–Kier alpha value is -3.93. The maximum absolute atomic E-state index is 12.7. The lowest BCUT2D eigenvalue weighted by molar-refractivity contribution is -0.111. The molecule has 6 nitrogen and oxygen atoms in total. The van der Waals surface area contributed by atoms with Gasteiger partial charge in [-0.15, -0.1) is 0 Å². The van der Waals surface area contributed by atoms with Crippen molar-refractivity contribution in [1.29, 1.82) is 0 Å². The van der Waals surface area contributed by atoms with Crippen LogP contribution < -0.4 is 10.6 Å². The van der Waals surface area contributed by atoms with Crippen LogP contribution in [0.3, 0.4) is 0 Å². The lowest BCUT2D eigenvalue weighted by Crippen LogP contribution is -2.32. The molecule has 0 aromatic heterocycles. The summed E-state index contributed by atoms with van der Waals surface area (Å²) in [6.45, 7) is 1.83. The number of aromatic carboxylic acids is 1. The molecular formula is C27H26N2O4. The monoisotopic (exact) mass is 442 g/mol. The van der Waals surface area contributed by atoms with Crippen molar-refractivity contribution in [2.45, 2.75) is 38.6 Å². The number of carbonyl (C=O) groups is 3. The van der Waals surface area contributed by atoms with Crippen LogP contribution in [0.5, 0.6) is 0 Å². The normalized spacial score (nSPS) is 14.3. The molecule has 0 spiro atoms. The van der Waals surface area contributed by atoms with E-state index in [1.165, 1.54) is 24.3 Å². The van der Waals surface area contributed by atoms with Gasteiger partial charge in [0.1, 0.15) is 0 Å². The molecule has 1 aliphatic rings. The lowest BCUT2D eigenvalue weighted by Gasteiger charge is -2.14. The Balaban J connectivity index is 1.54. The summed E-state index contributed by atoms with van der Waals surface area (Å²) < 4.78 is 0. The first-order valence-electron chi connectivity index (χ1n) is 11.1. The number of amides is 2. The molecule has 1 fully saturated rings. The van der Waals surface area contributed by atoms with Gasteiger partial charge in [0.25, 0.3) is 5.91 Å². The molecule has 0 aliphatic heterocycles. The molecule has 0 unspecified atom stereocenters. The molecule has 3 aromatic rings. The van der Waals surface area contributed by atoms with Crippen LogP contribution in [-0.2, 0) is 4.79 Å². The molecule has 33 heavy (non-hydrogen) atoms. The van der Waals surface area contributed by atoms with Crippen LogP contribution in [0.2, 0.25) is 0 Å². The van der Waals surface area contributed by atoms with Crippen LogP contribution in [0.25, 0.3) is 16.3 Å². The highest BCUT2D eigenvalue weighted by Gasteiger charge is 2.20. The van der Waals surface area contributed by atoms with E-state index in [-0.39, 0.29) is 23.2 Å². The van der Waals surface area contributed by atoms with Crippen molar-refractivity contribution in [2.75, 3.05) is 5.32 Å². The van der Waals surface area contributed by atoms with E-state index in [4.69, 9.17) is 0 Å². The van der Waals surface area contributed by atoms with Crippen LogP contribution in [0.15, 0.2) is 66.7 Å². The summed E-state index contributed by atoms with van der Waals surface area (Å²) in [5.41, 5.74) is 1.97. The van der Waals surface area contributed by atoms with E-state index in [9.17, 15) is 19.5 Å². The van der Waals surface area contributed by atoms with Gasteiger partial charge in [-0.2, -0.15) is 0 Å². The van der Waals surface area contributed by atoms with Gasteiger partial charge in [-0.3, -0.25) is 9.59 Å². The molecule has 0 saturated heterocycles. The summed E-state index contributed by atoms with van der Waals surface area (Å²) in [6.07, 6.45) is 5.50. The number of fused-ring (bicyclic) bond motifs is 1. The zero-order chi connectivity index (χ0) is 23.4. The minimum absolute atomic E-state index is 0.0717. The largest absolute Gasteiger partial charge is 0.478 e. The number of benzene rings is 3. The van der Waals surface area contributed by atoms with Crippen LogP contribution in [0.4, 0.5) is 5.69 Å². The second kappa shape index (κ2) is 9.69. The van der Waals surface area contributed by atoms with Gasteiger partial charge in [0.15, 0.2) is 0 Å². The maximum Gasteiger partial charge on any atom is 0.337 e. The number of carboxylic acid groups (broad SMARTS) is 1. The smallest absolute Gasteiger partial charge is 0.337 e. The molecule has 0 bridgehead atoms. The summed E-state index contributed by atoms with van der Waals surface area (Å²) in [7, 11) is 0. The highest BCUT2D eigenvalue weighted by atomic mass is 16.4. The first-order chi connectivity index (χ1) is 15.9. The van der Waals surface area contributed by atoms with Gasteiger partial charge in [0.05, 0.1) is 11.3 Å². The van der Waals surface area contributed by atoms with Gasteiger partial charge in [0, 0.05) is 17.7 Å². The molecule has 0 heterocycles. The molecule has 0 atom stereocenters. The summed E-state index contributed by atoms with van der Waals surface area (Å²) in [6, 6.07) is 18.3. The number of hydrogen-bond donors (Lipinski definition) is 3. The van der Waals surface area contributed by atoms with Gasteiger partial charge in [-0.05, 0) is 65.9 Å². The van der Waals surface area contributed by atoms with Crippen molar-refractivity contribution >= 4 is 39.8 Å². The number of hydrogen-bond acceptors (Lipinski definition) is 3. The Kier molecular flexibility index (Phi) is 6.54. The topological polar surface area (TPSA) is 95.5 Å². The van der Waals surface area contributed by atoms with E-state index in [2.05, 4.69) is 10.6 Å². The Labute approximate surface area is 192 Å². The van der Waals surface area contributed by atoms with E-state index < -0.39 is 11.9 Å². The fourth-order valence-corrected chi connectivity index (χ4v) is 4.20. The predicted molar refractivity (Wildman–Crippen MR) is 129 cm³/mol. The number of anilines is 1. The van der Waals surface area contributed by atoms with E-state index in [1.54, 1.807) is 0 Å². The minimum atomic E-state index is -1.18. The average Bonchev–Trinajstić information content (AvgIpc) is 3.31. The zero-order valence-electron chi connectivity index (χ0n) is 18.4. The van der Waals surface area contributed by atoms with E-state index in [0.29, 0.717) is 5.56 Å². The quantitative estimate of drug-likeness (QED) is 0.454. The standard InChI is InChI=1S/C27H26N2O4/c1-17(19-11-10-18-6-2-3-7-20(18)15-19)14-25(30)29-24-16-21(12-13-23(24)27(32)33)26(31)28-22-8-4-5-9-22/h2-3,6-7,10-16,22H,4-5,8-9H2,1H3,(H,28,31)(H,29,30)(H,32,33)/b17-14-. The van der Waals surface area contributed by atoms with Crippen molar-refractivity contribution < 1.29 is 19.5 Å². The Morgan fingerprint density at radius 2 is 1.61 bits per heavy atom. The fraction of sp³-hybridized carbons (Fsp3) is 0.222. The molecule has 4 rings (SSSR count). The number of nitrogens with one attached hydrogen (secondary N) is 2. The summed E-state index contributed by atoms with van der Waals surface area (Å²) in [5.74, 6) is -1.91. The molecule has 0 radical (unpaired) electrons. The molecule has 168 valence electrons. The first kappa shape index (κ1) is 22.3. The Bertz CT molecular complexity index is 1260. The zero-order valence-corrected chi connectivity index (χ0v) is 18.4. The minimum Gasteiger partial charge on any atom is -0.478 e. The SMILES string of the molecule is C/C(=C/C(=O)Nc1cc(C(=O)NC2CCCC2)ccc1C(=O)O)c1ccc2ccccc2c1. The molecule has 1 aliphatic carbocycles. The third-order valence-electron chi connectivity index (χ3n) is 6.01. The van der Waals surface area contributed by atoms with Crippen LogP contribution in [-0.4, -0.2) is 28.9 Å². The molecule has 2 amide bonds. The highest BCUT2D eigenvalue weighted by molar-refractivity contribution is 6.08. The van der Waals surface area contributed by atoms with Crippen molar-refractivity contribution in [2.24, 2.45) is 0 Å². The van der Waals surface area contributed by atoms with Gasteiger partial charge in [-0.25, -0.2) is 4.79 Å². The lowest BCUT2D eigenvalue weighted by atomic mass is 10.0. The maximum atomic E-state index is 12.7. The Morgan fingerprint density at radius 1 is 0.909 bits per heavy atom. The third kappa shape index (κ3) is 5.29. The average molecular weight is 443 g/mol. The van der Waals surface area contributed by atoms with Gasteiger partial charge in [-0.1, -0.05) is 49.2 Å². The molecule has 3 aromatic carbocycles. The Morgan fingerprint density at radius 3 is 2.33 bits per heavy atom. The van der Waals surface area contributed by atoms with E-state index in [0.717, 1.165) is 47.6 Å². The van der Waals surface area contributed by atoms with E-state index >= 15 is 0 Å². The van der Waals surface area contributed by atoms with Crippen molar-refractivity contribution in [1.82, 2.24) is 5.32 Å². The second-order valence-corrected chi connectivity index (χ2v) is 8.40. The summed E-state index contributed by atoms with van der Waals surface area (Å²) in [5, 5.41) is 17.3. The molecule has 3 N–H and O–H groups in total. The van der Waals surface area contributed by atoms with Crippen molar-refractivity contribution in [3.05, 3.63) is 83.4 Å². The number of allylic oxidation sites excluding steroid dienone is 1. The van der Waals surface area contributed by atoms with Gasteiger partial charge < -0.3 is 15.7 Å². The molecular weight excluding hydrogens is 416 g/mol. The van der Waals surface area contributed by atoms with Gasteiger partial charge >= 0.3 is 5.97 Å².